The fourth-order valence-electron chi connectivity index (χ4n) is 5.36. The molecule has 0 radical (unpaired) electrons. The summed E-state index contributed by atoms with van der Waals surface area (Å²) in [6.45, 7) is 3.72. The highest BCUT2D eigenvalue weighted by atomic mass is 127. The van der Waals surface area contributed by atoms with Crippen LogP contribution in [0.2, 0.25) is 0 Å². The van der Waals surface area contributed by atoms with Crippen molar-refractivity contribution in [3.63, 3.8) is 0 Å². The highest BCUT2D eigenvalue weighted by Crippen LogP contribution is 2.44. The van der Waals surface area contributed by atoms with Crippen LogP contribution < -0.4 is 4.18 Å². The van der Waals surface area contributed by atoms with E-state index < -0.39 is 20.2 Å². The molecule has 1 fully saturated rings. The van der Waals surface area contributed by atoms with E-state index >= 15 is 0 Å². The van der Waals surface area contributed by atoms with Gasteiger partial charge in [0.05, 0.1) is 4.90 Å². The van der Waals surface area contributed by atoms with Gasteiger partial charge in [-0.25, -0.2) is 0 Å². The van der Waals surface area contributed by atoms with Crippen molar-refractivity contribution < 1.29 is 25.6 Å². The third-order valence-electron chi connectivity index (χ3n) is 7.02. The largest absolute Gasteiger partial charge is 0.378 e. The van der Waals surface area contributed by atoms with Gasteiger partial charge in [0.25, 0.3) is 10.1 Å². The van der Waals surface area contributed by atoms with Crippen molar-refractivity contribution in [2.45, 2.75) is 93.3 Å². The van der Waals surface area contributed by atoms with Crippen LogP contribution in [0.25, 0.3) is 0 Å². The van der Waals surface area contributed by atoms with E-state index in [1.54, 1.807) is 6.07 Å². The molecule has 2 aromatic rings. The highest BCUT2D eigenvalue weighted by molar-refractivity contribution is 14.1. The summed E-state index contributed by atoms with van der Waals surface area (Å²) in [5.74, 6) is 0.189. The van der Waals surface area contributed by atoms with Gasteiger partial charge in [-0.3, -0.25) is 4.55 Å². The van der Waals surface area contributed by atoms with Crippen molar-refractivity contribution >= 4 is 65.4 Å². The van der Waals surface area contributed by atoms with Crippen molar-refractivity contribution in [3.8, 4) is 5.75 Å². The Bertz CT molecular complexity index is 1340. The molecular weight excluding hydrogens is 714 g/mol. The van der Waals surface area contributed by atoms with E-state index in [-0.39, 0.29) is 27.4 Å². The zero-order valence-corrected chi connectivity index (χ0v) is 25.8. The molecule has 0 aromatic heterocycles. The average molecular weight is 744 g/mol. The molecule has 0 bridgehead atoms. The molecule has 0 amide bonds. The number of hydrogen-bond donors (Lipinski definition) is 1. The Labute approximate surface area is 235 Å². The Balaban J connectivity index is 1.90. The van der Waals surface area contributed by atoms with Crippen molar-refractivity contribution in [1.82, 2.24) is 0 Å². The first-order valence-electron chi connectivity index (χ1n) is 12.0. The monoisotopic (exact) mass is 744 g/mol. The fourth-order valence-corrected chi connectivity index (χ4v) is 10.2. The van der Waals surface area contributed by atoms with Gasteiger partial charge in [0, 0.05) is 18.3 Å². The summed E-state index contributed by atoms with van der Waals surface area (Å²) in [4.78, 5) is 0.0752. The normalized spacial score (nSPS) is 17.4. The maximum atomic E-state index is 13.9. The first-order valence-corrected chi connectivity index (χ1v) is 17.0. The van der Waals surface area contributed by atoms with E-state index in [0.717, 1.165) is 51.2 Å². The summed E-state index contributed by atoms with van der Waals surface area (Å²) < 4.78 is 69.8. The second kappa shape index (κ2) is 10.7. The molecule has 2 aliphatic carbocycles. The minimum absolute atomic E-state index is 0.132. The van der Waals surface area contributed by atoms with Gasteiger partial charge >= 0.3 is 10.1 Å². The van der Waals surface area contributed by atoms with Gasteiger partial charge in [-0.15, -0.1) is 0 Å². The molecule has 0 unspecified atom stereocenters. The lowest BCUT2D eigenvalue weighted by atomic mass is 9.84. The molecular formula is C25H30I2O6S2. The van der Waals surface area contributed by atoms with E-state index in [1.807, 2.05) is 19.9 Å². The van der Waals surface area contributed by atoms with Crippen LogP contribution in [-0.2, 0) is 33.1 Å². The molecule has 1 saturated carbocycles. The highest BCUT2D eigenvalue weighted by Gasteiger charge is 2.33. The summed E-state index contributed by atoms with van der Waals surface area (Å²) in [5.41, 5.74) is 2.36. The van der Waals surface area contributed by atoms with Crippen LogP contribution in [0.1, 0.15) is 92.9 Å². The molecule has 1 N–H and O–H groups in total. The van der Waals surface area contributed by atoms with Crippen LogP contribution in [0.15, 0.2) is 28.0 Å². The Morgan fingerprint density at radius 2 is 1.51 bits per heavy atom. The van der Waals surface area contributed by atoms with Gasteiger partial charge in [0.1, 0.15) is 10.6 Å². The molecule has 0 aliphatic heterocycles. The van der Waals surface area contributed by atoms with Crippen LogP contribution in [0.4, 0.5) is 0 Å². The standard InChI is InChI=1S/C25H30I2O6S2/c1-15(2)20-14-22(34(28,29)30)18-10-6-7-11-19(18)25(20)33-35(31,32)23-13-17(26)12-21(27)24(23)16-8-4-3-5-9-16/h12-16H,3-11H2,1-2H3,(H,28,29,30). The lowest BCUT2D eigenvalue weighted by Gasteiger charge is -2.27. The molecule has 0 atom stereocenters. The Hall–Kier alpha value is -0.440. The zero-order valence-electron chi connectivity index (χ0n) is 19.8. The molecule has 192 valence electrons. The van der Waals surface area contributed by atoms with Crippen LogP contribution >= 0.6 is 45.2 Å². The summed E-state index contributed by atoms with van der Waals surface area (Å²) in [6, 6.07) is 5.10. The molecule has 10 heteroatoms. The first kappa shape index (κ1) is 27.6. The van der Waals surface area contributed by atoms with Gasteiger partial charge in [0.2, 0.25) is 0 Å². The lowest BCUT2D eigenvalue weighted by molar-refractivity contribution is 0.432. The molecule has 0 saturated heterocycles. The predicted octanol–water partition coefficient (Wildman–Crippen LogP) is 6.96. The topological polar surface area (TPSA) is 97.7 Å². The number of fused-ring (bicyclic) bond motifs is 1. The summed E-state index contributed by atoms with van der Waals surface area (Å²) >= 11 is 4.37. The lowest BCUT2D eigenvalue weighted by Crippen LogP contribution is -2.20. The smallest absolute Gasteiger partial charge is 0.339 e. The first-order chi connectivity index (χ1) is 16.4. The number of hydrogen-bond acceptors (Lipinski definition) is 5. The van der Waals surface area contributed by atoms with Gasteiger partial charge < -0.3 is 4.18 Å². The minimum atomic E-state index is -4.45. The van der Waals surface area contributed by atoms with Crippen LogP contribution in [0.5, 0.6) is 5.75 Å². The van der Waals surface area contributed by atoms with E-state index in [4.69, 9.17) is 4.18 Å². The van der Waals surface area contributed by atoms with Crippen molar-refractivity contribution in [2.24, 2.45) is 0 Å². The summed E-state index contributed by atoms with van der Waals surface area (Å²) in [5, 5.41) is 0. The Kier molecular flexibility index (Phi) is 8.47. The van der Waals surface area contributed by atoms with Crippen molar-refractivity contribution in [1.29, 1.82) is 0 Å². The molecule has 35 heavy (non-hydrogen) atoms. The zero-order chi connectivity index (χ0) is 25.5. The molecule has 0 spiro atoms. The molecule has 2 aromatic carbocycles. The predicted molar refractivity (Wildman–Crippen MR) is 153 cm³/mol. The van der Waals surface area contributed by atoms with E-state index in [0.29, 0.717) is 29.5 Å². The maximum Gasteiger partial charge on any atom is 0.339 e. The molecule has 0 heterocycles. The summed E-state index contributed by atoms with van der Waals surface area (Å²) in [7, 11) is -8.65. The van der Waals surface area contributed by atoms with Gasteiger partial charge in [0.15, 0.2) is 0 Å². The van der Waals surface area contributed by atoms with E-state index in [2.05, 4.69) is 45.2 Å². The molecule has 6 nitrogen and oxygen atoms in total. The van der Waals surface area contributed by atoms with E-state index in [1.165, 1.54) is 12.5 Å². The van der Waals surface area contributed by atoms with Gasteiger partial charge in [-0.1, -0.05) is 33.1 Å². The van der Waals surface area contributed by atoms with Gasteiger partial charge in [-0.2, -0.15) is 16.8 Å². The fraction of sp³-hybridized carbons (Fsp3) is 0.520. The van der Waals surface area contributed by atoms with Crippen LogP contribution in [0.3, 0.4) is 0 Å². The van der Waals surface area contributed by atoms with E-state index in [9.17, 15) is 21.4 Å². The minimum Gasteiger partial charge on any atom is -0.378 e. The van der Waals surface area contributed by atoms with Gasteiger partial charge in [-0.05, 0) is 125 Å². The third kappa shape index (κ3) is 5.85. The molecule has 2 aliphatic rings. The quantitative estimate of drug-likeness (QED) is 0.195. The SMILES string of the molecule is CC(C)c1cc(S(=O)(=O)O)c2c(c1OS(=O)(=O)c1cc(I)cc(I)c1C1CCCCC1)CCCC2. The molecule has 4 rings (SSSR count). The van der Waals surface area contributed by atoms with Crippen molar-refractivity contribution in [3.05, 3.63) is 47.6 Å². The number of halogens is 2. The number of benzene rings is 2. The van der Waals surface area contributed by atoms with Crippen molar-refractivity contribution in [2.75, 3.05) is 0 Å². The van der Waals surface area contributed by atoms with Crippen LogP contribution in [-0.4, -0.2) is 21.4 Å². The third-order valence-corrected chi connectivity index (χ3v) is 10.7. The number of rotatable bonds is 6. The van der Waals surface area contributed by atoms with Crippen LogP contribution in [0, 0.1) is 7.14 Å². The Morgan fingerprint density at radius 1 is 0.886 bits per heavy atom. The average Bonchev–Trinajstić information content (AvgIpc) is 2.78. The Morgan fingerprint density at radius 3 is 2.11 bits per heavy atom. The second-order valence-corrected chi connectivity index (χ2v) is 15.1. The second-order valence-electron chi connectivity index (χ2n) is 9.76. The summed E-state index contributed by atoms with van der Waals surface area (Å²) in [6.07, 6.45) is 7.75. The maximum absolute atomic E-state index is 13.9.